The first kappa shape index (κ1) is 13.0. The molecule has 6 aliphatic rings. The van der Waals surface area contributed by atoms with Crippen LogP contribution in [0.2, 0.25) is 0 Å². The van der Waals surface area contributed by atoms with Gasteiger partial charge < -0.3 is 0 Å². The Hall–Kier alpha value is -0.510. The minimum absolute atomic E-state index is 0.00926. The third kappa shape index (κ3) is 1.35. The van der Waals surface area contributed by atoms with Gasteiger partial charge in [-0.3, -0.25) is 14.5 Å². The van der Waals surface area contributed by atoms with Crippen molar-refractivity contribution in [2.24, 2.45) is 35.5 Å². The molecule has 114 valence electrons. The van der Waals surface area contributed by atoms with Gasteiger partial charge in [-0.15, -0.1) is 11.8 Å². The number of thioether (sulfide) groups is 1. The maximum Gasteiger partial charge on any atom is 0.234 e. The van der Waals surface area contributed by atoms with Crippen molar-refractivity contribution in [1.82, 2.24) is 4.90 Å². The number of carbonyl (C=O) groups is 2. The molecule has 3 atom stereocenters. The highest BCUT2D eigenvalue weighted by atomic mass is 32.2. The van der Waals surface area contributed by atoms with Crippen molar-refractivity contribution >= 4 is 23.6 Å². The molecule has 1 spiro atoms. The Kier molecular flexibility index (Phi) is 2.39. The normalized spacial score (nSPS) is 57.6. The molecule has 4 bridgehead atoms. The van der Waals surface area contributed by atoms with Gasteiger partial charge in [0.1, 0.15) is 0 Å². The van der Waals surface area contributed by atoms with E-state index in [-0.39, 0.29) is 28.4 Å². The van der Waals surface area contributed by atoms with E-state index < -0.39 is 0 Å². The molecule has 21 heavy (non-hydrogen) atoms. The lowest BCUT2D eigenvalue weighted by atomic mass is 9.48. The molecule has 3 nitrogen and oxygen atoms in total. The van der Waals surface area contributed by atoms with E-state index >= 15 is 0 Å². The van der Waals surface area contributed by atoms with Crippen LogP contribution in [0.25, 0.3) is 0 Å². The Labute approximate surface area is 130 Å². The summed E-state index contributed by atoms with van der Waals surface area (Å²) in [5.41, 5.74) is 0. The number of hydrogen-bond donors (Lipinski definition) is 0. The Morgan fingerprint density at radius 1 is 1.00 bits per heavy atom. The molecule has 3 unspecified atom stereocenters. The number of likely N-dealkylation sites (tertiary alicyclic amines) is 1. The van der Waals surface area contributed by atoms with Crippen molar-refractivity contribution in [2.75, 3.05) is 7.05 Å². The fourth-order valence-electron chi connectivity index (χ4n) is 6.87. The number of imide groups is 1. The molecule has 6 fully saturated rings. The standard InChI is InChI=1S/C17H23NO2S/c1-8-13-14(16(20)18(2)15(13)19)17(21-8)11-4-9-3-10(6-11)7-12(17)5-9/h8-14H,3-7H2,1-2H3. The Bertz CT molecular complexity index is 517. The van der Waals surface area contributed by atoms with Gasteiger partial charge in [0.15, 0.2) is 0 Å². The molecule has 2 aliphatic heterocycles. The summed E-state index contributed by atoms with van der Waals surface area (Å²) in [6.07, 6.45) is 6.72. The zero-order valence-electron chi connectivity index (χ0n) is 12.7. The summed E-state index contributed by atoms with van der Waals surface area (Å²) in [5, 5.41) is 0.314. The van der Waals surface area contributed by atoms with Crippen LogP contribution in [0.3, 0.4) is 0 Å². The van der Waals surface area contributed by atoms with Crippen molar-refractivity contribution in [3.05, 3.63) is 0 Å². The molecule has 2 amide bonds. The molecule has 0 aromatic rings. The second-order valence-corrected chi connectivity index (χ2v) is 9.91. The SMILES string of the molecule is CC1SC2(C3CC4CC(C3)CC2C4)C2C(=O)N(C)C(=O)C12. The predicted octanol–water partition coefficient (Wildman–Crippen LogP) is 2.55. The zero-order chi connectivity index (χ0) is 14.5. The zero-order valence-corrected chi connectivity index (χ0v) is 13.6. The molecule has 4 saturated carbocycles. The Balaban J connectivity index is 1.63. The van der Waals surface area contributed by atoms with Crippen LogP contribution in [0.5, 0.6) is 0 Å². The highest BCUT2D eigenvalue weighted by molar-refractivity contribution is 8.01. The topological polar surface area (TPSA) is 37.4 Å². The average Bonchev–Trinajstić information content (AvgIpc) is 2.87. The van der Waals surface area contributed by atoms with Crippen LogP contribution in [-0.4, -0.2) is 33.8 Å². The molecule has 0 N–H and O–H groups in total. The number of rotatable bonds is 0. The lowest BCUT2D eigenvalue weighted by Crippen LogP contribution is -2.59. The largest absolute Gasteiger partial charge is 0.285 e. The molecule has 6 rings (SSSR count). The van der Waals surface area contributed by atoms with Gasteiger partial charge in [0.05, 0.1) is 11.8 Å². The van der Waals surface area contributed by atoms with Gasteiger partial charge >= 0.3 is 0 Å². The third-order valence-corrected chi connectivity index (χ3v) is 9.36. The molecule has 0 aromatic heterocycles. The molecule has 2 heterocycles. The fourth-order valence-corrected chi connectivity index (χ4v) is 9.10. The lowest BCUT2D eigenvalue weighted by Gasteiger charge is -2.61. The second kappa shape index (κ2) is 3.87. The smallest absolute Gasteiger partial charge is 0.234 e. The van der Waals surface area contributed by atoms with E-state index in [2.05, 4.69) is 6.92 Å². The van der Waals surface area contributed by atoms with E-state index in [1.54, 1.807) is 7.05 Å². The van der Waals surface area contributed by atoms with Crippen molar-refractivity contribution in [2.45, 2.75) is 49.0 Å². The number of hydrogen-bond acceptors (Lipinski definition) is 3. The lowest BCUT2D eigenvalue weighted by molar-refractivity contribution is -0.139. The molecular weight excluding hydrogens is 282 g/mol. The first-order chi connectivity index (χ1) is 10.0. The van der Waals surface area contributed by atoms with E-state index in [9.17, 15) is 9.59 Å². The van der Waals surface area contributed by atoms with Crippen LogP contribution >= 0.6 is 11.8 Å². The minimum atomic E-state index is -0.0370. The van der Waals surface area contributed by atoms with Crippen LogP contribution < -0.4 is 0 Å². The van der Waals surface area contributed by atoms with Gasteiger partial charge in [0, 0.05) is 17.0 Å². The maximum absolute atomic E-state index is 12.8. The van der Waals surface area contributed by atoms with E-state index in [1.165, 1.54) is 37.0 Å². The van der Waals surface area contributed by atoms with Crippen LogP contribution in [0, 0.1) is 35.5 Å². The van der Waals surface area contributed by atoms with Gasteiger partial charge in [-0.2, -0.15) is 0 Å². The van der Waals surface area contributed by atoms with E-state index in [1.807, 2.05) is 11.8 Å². The number of carbonyl (C=O) groups excluding carboxylic acids is 2. The fraction of sp³-hybridized carbons (Fsp3) is 0.882. The van der Waals surface area contributed by atoms with Gasteiger partial charge in [-0.05, 0) is 55.8 Å². The first-order valence-corrected chi connectivity index (χ1v) is 9.39. The van der Waals surface area contributed by atoms with Crippen molar-refractivity contribution in [3.63, 3.8) is 0 Å². The van der Waals surface area contributed by atoms with E-state index in [0.29, 0.717) is 17.1 Å². The summed E-state index contributed by atoms with van der Waals surface area (Å²) in [7, 11) is 1.70. The molecular formula is C17H23NO2S. The van der Waals surface area contributed by atoms with Crippen LogP contribution in [0.4, 0.5) is 0 Å². The quantitative estimate of drug-likeness (QED) is 0.646. The van der Waals surface area contributed by atoms with Gasteiger partial charge in [-0.25, -0.2) is 0 Å². The van der Waals surface area contributed by atoms with E-state index in [0.717, 1.165) is 11.8 Å². The first-order valence-electron chi connectivity index (χ1n) is 8.51. The Morgan fingerprint density at radius 2 is 1.57 bits per heavy atom. The number of fused-ring (bicyclic) bond motifs is 1. The Morgan fingerprint density at radius 3 is 2.14 bits per heavy atom. The average molecular weight is 305 g/mol. The van der Waals surface area contributed by atoms with E-state index in [4.69, 9.17) is 0 Å². The summed E-state index contributed by atoms with van der Waals surface area (Å²) in [5.74, 6) is 3.40. The summed E-state index contributed by atoms with van der Waals surface area (Å²) in [4.78, 5) is 26.8. The molecule has 0 aromatic carbocycles. The molecule has 4 heteroatoms. The number of nitrogens with zero attached hydrogens (tertiary/aromatic N) is 1. The summed E-state index contributed by atoms with van der Waals surface area (Å²) in [6, 6.07) is 0. The van der Waals surface area contributed by atoms with Crippen LogP contribution in [-0.2, 0) is 9.59 Å². The highest BCUT2D eigenvalue weighted by Gasteiger charge is 2.71. The molecule has 4 aliphatic carbocycles. The third-order valence-electron chi connectivity index (χ3n) is 7.37. The predicted molar refractivity (Wildman–Crippen MR) is 81.6 cm³/mol. The number of amides is 2. The monoisotopic (exact) mass is 305 g/mol. The van der Waals surface area contributed by atoms with Crippen LogP contribution in [0.1, 0.15) is 39.0 Å². The maximum atomic E-state index is 12.8. The summed E-state index contributed by atoms with van der Waals surface area (Å²) >= 11 is 2.04. The minimum Gasteiger partial charge on any atom is -0.285 e. The van der Waals surface area contributed by atoms with Crippen molar-refractivity contribution < 1.29 is 9.59 Å². The second-order valence-electron chi connectivity index (χ2n) is 8.22. The summed E-state index contributed by atoms with van der Waals surface area (Å²) < 4.78 is 0.106. The molecule has 0 radical (unpaired) electrons. The van der Waals surface area contributed by atoms with Crippen molar-refractivity contribution in [1.29, 1.82) is 0 Å². The highest BCUT2D eigenvalue weighted by Crippen LogP contribution is 2.71. The summed E-state index contributed by atoms with van der Waals surface area (Å²) in [6.45, 7) is 2.19. The van der Waals surface area contributed by atoms with Gasteiger partial charge in [-0.1, -0.05) is 6.92 Å². The van der Waals surface area contributed by atoms with Crippen LogP contribution in [0.15, 0.2) is 0 Å². The van der Waals surface area contributed by atoms with Crippen molar-refractivity contribution in [3.8, 4) is 0 Å². The molecule has 2 saturated heterocycles. The van der Waals surface area contributed by atoms with Gasteiger partial charge in [0.25, 0.3) is 0 Å². The van der Waals surface area contributed by atoms with Gasteiger partial charge in [0.2, 0.25) is 11.8 Å².